The summed E-state index contributed by atoms with van der Waals surface area (Å²) in [6, 6.07) is 19.4. The Bertz CT molecular complexity index is 1250. The van der Waals surface area contributed by atoms with Crippen molar-refractivity contribution >= 4 is 17.5 Å². The Morgan fingerprint density at radius 1 is 1.03 bits per heavy atom. The molecule has 0 bridgehead atoms. The third-order valence-corrected chi connectivity index (χ3v) is 7.57. The van der Waals surface area contributed by atoms with Gasteiger partial charge in [-0.3, -0.25) is 9.69 Å². The number of nitrogens with one attached hydrogen (secondary N) is 1. The van der Waals surface area contributed by atoms with E-state index in [9.17, 15) is 9.90 Å². The van der Waals surface area contributed by atoms with Crippen LogP contribution in [0.5, 0.6) is 11.5 Å². The third kappa shape index (κ3) is 4.94. The highest BCUT2D eigenvalue weighted by molar-refractivity contribution is 6.30. The molecule has 2 N–H and O–H groups in total. The molecule has 0 saturated heterocycles. The first-order valence-corrected chi connectivity index (χ1v) is 12.6. The predicted molar refractivity (Wildman–Crippen MR) is 140 cm³/mol. The van der Waals surface area contributed by atoms with Gasteiger partial charge in [0.05, 0.1) is 32.9 Å². The maximum Gasteiger partial charge on any atom is 0.234 e. The van der Waals surface area contributed by atoms with Gasteiger partial charge in [0, 0.05) is 24.0 Å². The highest BCUT2D eigenvalue weighted by Crippen LogP contribution is 2.39. The van der Waals surface area contributed by atoms with Crippen molar-refractivity contribution in [1.29, 1.82) is 0 Å². The fourth-order valence-corrected chi connectivity index (χ4v) is 5.63. The number of fused-ring (bicyclic) bond motifs is 2. The summed E-state index contributed by atoms with van der Waals surface area (Å²) < 4.78 is 11.1. The zero-order valence-electron chi connectivity index (χ0n) is 20.5. The van der Waals surface area contributed by atoms with E-state index >= 15 is 0 Å². The lowest BCUT2D eigenvalue weighted by molar-refractivity contribution is -0.124. The minimum Gasteiger partial charge on any atom is -0.493 e. The number of methoxy groups -OCH3 is 2. The molecule has 1 heterocycles. The highest BCUT2D eigenvalue weighted by atomic mass is 35.5. The summed E-state index contributed by atoms with van der Waals surface area (Å²) in [4.78, 5) is 15.5. The van der Waals surface area contributed by atoms with Crippen LogP contribution in [-0.2, 0) is 24.1 Å². The zero-order valence-corrected chi connectivity index (χ0v) is 21.3. The number of hydrogen-bond acceptors (Lipinski definition) is 5. The highest BCUT2D eigenvalue weighted by Gasteiger charge is 2.34. The summed E-state index contributed by atoms with van der Waals surface area (Å²) in [6.07, 6.45) is 1.46. The van der Waals surface area contributed by atoms with Crippen molar-refractivity contribution in [2.75, 3.05) is 27.3 Å². The molecule has 1 aliphatic carbocycles. The lowest BCUT2D eigenvalue weighted by atomic mass is 9.88. The van der Waals surface area contributed by atoms with Crippen molar-refractivity contribution in [3.8, 4) is 11.5 Å². The maximum atomic E-state index is 13.3. The maximum absolute atomic E-state index is 13.3. The molecule has 3 aromatic carbocycles. The number of carbonyl (C=O) groups excluding carboxylic acids is 1. The molecule has 188 valence electrons. The number of hydrogen-bond donors (Lipinski definition) is 2. The molecule has 36 heavy (non-hydrogen) atoms. The molecule has 0 spiro atoms. The predicted octanol–water partition coefficient (Wildman–Crippen LogP) is 4.27. The molecule has 7 heteroatoms. The van der Waals surface area contributed by atoms with Gasteiger partial charge in [0.15, 0.2) is 11.5 Å². The van der Waals surface area contributed by atoms with E-state index in [0.717, 1.165) is 41.6 Å². The summed E-state index contributed by atoms with van der Waals surface area (Å²) in [6.45, 7) is 0.968. The molecule has 6 nitrogen and oxygen atoms in total. The second-order valence-corrected chi connectivity index (χ2v) is 9.92. The summed E-state index contributed by atoms with van der Waals surface area (Å²) in [5.41, 5.74) is 5.55. The van der Waals surface area contributed by atoms with Gasteiger partial charge in [0.25, 0.3) is 0 Å². The third-order valence-electron chi connectivity index (χ3n) is 7.32. The lowest BCUT2D eigenvalue weighted by Crippen LogP contribution is -2.45. The van der Waals surface area contributed by atoms with Crippen molar-refractivity contribution in [2.45, 2.75) is 37.5 Å². The Morgan fingerprint density at radius 3 is 2.50 bits per heavy atom. The molecule has 0 fully saturated rings. The number of ether oxygens (including phenoxy) is 2. The monoisotopic (exact) mass is 506 g/mol. The van der Waals surface area contributed by atoms with Gasteiger partial charge in [-0.2, -0.15) is 0 Å². The van der Waals surface area contributed by atoms with Gasteiger partial charge in [0.1, 0.15) is 0 Å². The van der Waals surface area contributed by atoms with Crippen LogP contribution in [0.25, 0.3) is 0 Å². The summed E-state index contributed by atoms with van der Waals surface area (Å²) in [7, 11) is 3.28. The number of aliphatic hydroxyl groups excluding tert-OH is 1. The van der Waals surface area contributed by atoms with Crippen molar-refractivity contribution in [1.82, 2.24) is 10.2 Å². The van der Waals surface area contributed by atoms with Crippen LogP contribution in [0.15, 0.2) is 60.7 Å². The van der Waals surface area contributed by atoms with E-state index in [1.165, 1.54) is 5.56 Å². The first-order valence-electron chi connectivity index (χ1n) is 12.3. The number of carbonyl (C=O) groups is 1. The van der Waals surface area contributed by atoms with Crippen LogP contribution in [0, 0.1) is 0 Å². The van der Waals surface area contributed by atoms with Crippen molar-refractivity contribution < 1.29 is 19.4 Å². The smallest absolute Gasteiger partial charge is 0.234 e. The Balaban J connectivity index is 1.40. The van der Waals surface area contributed by atoms with Crippen LogP contribution in [-0.4, -0.2) is 49.3 Å². The topological polar surface area (TPSA) is 71.0 Å². The van der Waals surface area contributed by atoms with Gasteiger partial charge >= 0.3 is 0 Å². The van der Waals surface area contributed by atoms with Crippen molar-refractivity contribution in [3.05, 3.63) is 93.5 Å². The molecular weight excluding hydrogens is 476 g/mol. The molecule has 0 radical (unpaired) electrons. The number of amides is 1. The largest absolute Gasteiger partial charge is 0.493 e. The van der Waals surface area contributed by atoms with Gasteiger partial charge in [-0.05, 0) is 64.9 Å². The van der Waals surface area contributed by atoms with Gasteiger partial charge in [-0.25, -0.2) is 0 Å². The quantitative estimate of drug-likeness (QED) is 0.500. The van der Waals surface area contributed by atoms with Crippen LogP contribution in [0.3, 0.4) is 0 Å². The fraction of sp³-hybridized carbons (Fsp3) is 0.345. The van der Waals surface area contributed by atoms with E-state index in [-0.39, 0.29) is 24.5 Å². The van der Waals surface area contributed by atoms with E-state index < -0.39 is 6.10 Å². The van der Waals surface area contributed by atoms with Gasteiger partial charge in [-0.15, -0.1) is 0 Å². The molecule has 0 saturated carbocycles. The lowest BCUT2D eigenvalue weighted by Gasteiger charge is -2.38. The Morgan fingerprint density at radius 2 is 1.75 bits per heavy atom. The van der Waals surface area contributed by atoms with E-state index in [0.29, 0.717) is 22.9 Å². The number of rotatable bonds is 7. The summed E-state index contributed by atoms with van der Waals surface area (Å²) in [5.74, 6) is 1.29. The standard InChI is InChI=1S/C29H31ClN2O4/c1-35-26-15-20-11-12-32(17-28(34)31-29-22-6-4-3-5-19(22)14-25(29)33)24(23(20)16-27(26)36-2)13-18-7-9-21(30)10-8-18/h3-10,15-16,24-25,29,33H,11-14,17H2,1-2H3,(H,31,34). The Hall–Kier alpha value is -3.06. The number of halogens is 1. The van der Waals surface area contributed by atoms with Crippen LogP contribution in [0.4, 0.5) is 0 Å². The average Bonchev–Trinajstić information content (AvgIpc) is 3.20. The van der Waals surface area contributed by atoms with Crippen LogP contribution >= 0.6 is 11.6 Å². The van der Waals surface area contributed by atoms with Gasteiger partial charge in [-0.1, -0.05) is 48.0 Å². The molecular formula is C29H31ClN2O4. The molecule has 1 amide bonds. The first kappa shape index (κ1) is 24.6. The number of benzene rings is 3. The minimum atomic E-state index is -0.616. The molecule has 1 aliphatic heterocycles. The fourth-order valence-electron chi connectivity index (χ4n) is 5.50. The van der Waals surface area contributed by atoms with E-state index in [1.807, 2.05) is 60.7 Å². The van der Waals surface area contributed by atoms with E-state index in [1.54, 1.807) is 14.2 Å². The molecule has 3 unspecified atom stereocenters. The van der Waals surface area contributed by atoms with Gasteiger partial charge in [0.2, 0.25) is 5.91 Å². The van der Waals surface area contributed by atoms with Crippen LogP contribution < -0.4 is 14.8 Å². The first-order chi connectivity index (χ1) is 17.5. The SMILES string of the molecule is COc1cc2c(cc1OC)C(Cc1ccc(Cl)cc1)N(CC(=O)NC1c3ccccc3CC1O)CC2. The second kappa shape index (κ2) is 10.5. The molecule has 5 rings (SSSR count). The molecule has 0 aromatic heterocycles. The van der Waals surface area contributed by atoms with E-state index in [2.05, 4.69) is 10.2 Å². The van der Waals surface area contributed by atoms with Crippen molar-refractivity contribution in [3.63, 3.8) is 0 Å². The van der Waals surface area contributed by atoms with E-state index in [4.69, 9.17) is 21.1 Å². The average molecular weight is 507 g/mol. The van der Waals surface area contributed by atoms with Gasteiger partial charge < -0.3 is 19.9 Å². The minimum absolute atomic E-state index is 0.0266. The van der Waals surface area contributed by atoms with Crippen LogP contribution in [0.2, 0.25) is 5.02 Å². The molecule has 3 aromatic rings. The Kier molecular flexibility index (Phi) is 7.19. The molecule has 3 atom stereocenters. The second-order valence-electron chi connectivity index (χ2n) is 9.49. The summed E-state index contributed by atoms with van der Waals surface area (Å²) >= 11 is 6.12. The zero-order chi connectivity index (χ0) is 25.2. The number of aliphatic hydroxyl groups is 1. The summed E-state index contributed by atoms with van der Waals surface area (Å²) in [5, 5.41) is 14.4. The Labute approximate surface area is 216 Å². The normalized spacial score (nSPS) is 20.9. The van der Waals surface area contributed by atoms with Crippen molar-refractivity contribution in [2.24, 2.45) is 0 Å². The molecule has 2 aliphatic rings. The number of nitrogens with zero attached hydrogens (tertiary/aromatic N) is 1. The van der Waals surface area contributed by atoms with Crippen LogP contribution in [0.1, 0.15) is 39.9 Å².